The van der Waals surface area contributed by atoms with Crippen LogP contribution in [0.4, 0.5) is 0 Å². The first-order chi connectivity index (χ1) is 13.4. The molecule has 0 unspecified atom stereocenters. The number of Topliss-reactive ketones (excluding diaryl/α,β-unsaturated/α-hetero) is 1. The lowest BCUT2D eigenvalue weighted by atomic mass is 10.1. The van der Waals surface area contributed by atoms with E-state index in [0.29, 0.717) is 43.2 Å². The predicted octanol–water partition coefficient (Wildman–Crippen LogP) is 1.67. The highest BCUT2D eigenvalue weighted by molar-refractivity contribution is 5.94. The Balaban J connectivity index is 2.34. The Labute approximate surface area is 166 Å². The van der Waals surface area contributed by atoms with E-state index in [-0.39, 0.29) is 30.6 Å². The summed E-state index contributed by atoms with van der Waals surface area (Å²) < 4.78 is 15.8. The van der Waals surface area contributed by atoms with Gasteiger partial charge in [-0.2, -0.15) is 0 Å². The molecular formula is C20H30N2O6. The Kier molecular flexibility index (Phi) is 10.6. The van der Waals surface area contributed by atoms with Crippen LogP contribution in [0.25, 0.3) is 0 Å². The number of nitrogens with zero attached hydrogens (tertiary/aromatic N) is 1. The van der Waals surface area contributed by atoms with Crippen molar-refractivity contribution in [2.45, 2.75) is 26.2 Å². The molecule has 0 aromatic heterocycles. The van der Waals surface area contributed by atoms with Crippen LogP contribution in [-0.4, -0.2) is 70.1 Å². The summed E-state index contributed by atoms with van der Waals surface area (Å²) in [5.41, 5.74) is 0.543. The zero-order valence-corrected chi connectivity index (χ0v) is 17.1. The number of carbonyl (C=O) groups excluding carboxylic acids is 3. The van der Waals surface area contributed by atoms with Gasteiger partial charge in [-0.15, -0.1) is 0 Å². The molecule has 0 radical (unpaired) electrons. The first-order valence-electron chi connectivity index (χ1n) is 9.20. The van der Waals surface area contributed by atoms with Crippen molar-refractivity contribution in [1.29, 1.82) is 0 Å². The maximum absolute atomic E-state index is 12.1. The van der Waals surface area contributed by atoms with Crippen LogP contribution in [0.3, 0.4) is 0 Å². The SMILES string of the molecule is COCCCNC(=O)CN(C)C(=O)CCCOc1ccc(C(C)=O)cc1OC. The van der Waals surface area contributed by atoms with Crippen LogP contribution in [0.1, 0.15) is 36.5 Å². The second-order valence-electron chi connectivity index (χ2n) is 6.32. The van der Waals surface area contributed by atoms with Crippen molar-refractivity contribution in [3.63, 3.8) is 0 Å². The molecule has 1 rings (SSSR count). The summed E-state index contributed by atoms with van der Waals surface area (Å²) in [6, 6.07) is 4.98. The normalized spacial score (nSPS) is 10.3. The number of amides is 2. The average molecular weight is 394 g/mol. The molecule has 0 saturated carbocycles. The van der Waals surface area contributed by atoms with Gasteiger partial charge < -0.3 is 24.4 Å². The Morgan fingerprint density at radius 1 is 1.07 bits per heavy atom. The van der Waals surface area contributed by atoms with E-state index in [9.17, 15) is 14.4 Å². The molecule has 0 aliphatic heterocycles. The molecule has 0 aliphatic rings. The number of ketones is 1. The third kappa shape index (κ3) is 8.39. The number of rotatable bonds is 13. The first kappa shape index (κ1) is 23.4. The fourth-order valence-electron chi connectivity index (χ4n) is 2.41. The van der Waals surface area contributed by atoms with E-state index < -0.39 is 0 Å². The van der Waals surface area contributed by atoms with E-state index >= 15 is 0 Å². The lowest BCUT2D eigenvalue weighted by Gasteiger charge is -2.17. The molecule has 1 aromatic rings. The van der Waals surface area contributed by atoms with Gasteiger partial charge in [0.2, 0.25) is 11.8 Å². The molecule has 8 heteroatoms. The number of hydrogen-bond donors (Lipinski definition) is 1. The molecule has 156 valence electrons. The van der Waals surface area contributed by atoms with E-state index in [1.165, 1.54) is 18.9 Å². The number of carbonyl (C=O) groups is 3. The summed E-state index contributed by atoms with van der Waals surface area (Å²) in [7, 11) is 4.71. The molecule has 0 atom stereocenters. The molecule has 0 spiro atoms. The smallest absolute Gasteiger partial charge is 0.239 e. The fraction of sp³-hybridized carbons (Fsp3) is 0.550. The molecule has 1 N–H and O–H groups in total. The summed E-state index contributed by atoms with van der Waals surface area (Å²) >= 11 is 0. The zero-order valence-electron chi connectivity index (χ0n) is 17.1. The Bertz CT molecular complexity index is 662. The highest BCUT2D eigenvalue weighted by Crippen LogP contribution is 2.28. The van der Waals surface area contributed by atoms with Gasteiger partial charge in [0.05, 0.1) is 20.3 Å². The monoisotopic (exact) mass is 394 g/mol. The highest BCUT2D eigenvalue weighted by Gasteiger charge is 2.13. The maximum atomic E-state index is 12.1. The third-order valence-electron chi connectivity index (χ3n) is 4.02. The van der Waals surface area contributed by atoms with Gasteiger partial charge in [0, 0.05) is 39.3 Å². The number of methoxy groups -OCH3 is 2. The van der Waals surface area contributed by atoms with Crippen molar-refractivity contribution in [3.8, 4) is 11.5 Å². The van der Waals surface area contributed by atoms with Gasteiger partial charge >= 0.3 is 0 Å². The van der Waals surface area contributed by atoms with Gasteiger partial charge in [0.1, 0.15) is 0 Å². The molecule has 28 heavy (non-hydrogen) atoms. The number of likely N-dealkylation sites (N-methyl/N-ethyl adjacent to an activating group) is 1. The van der Waals surface area contributed by atoms with Gasteiger partial charge in [0.15, 0.2) is 17.3 Å². The quantitative estimate of drug-likeness (QED) is 0.404. The standard InChI is InChI=1S/C20H30N2O6/c1-15(23)16-8-9-17(18(13-16)27-4)28-12-5-7-20(25)22(2)14-19(24)21-10-6-11-26-3/h8-9,13H,5-7,10-12,14H2,1-4H3,(H,21,24). The Hall–Kier alpha value is -2.61. The van der Waals surface area contributed by atoms with Crippen LogP contribution in [0.5, 0.6) is 11.5 Å². The summed E-state index contributed by atoms with van der Waals surface area (Å²) in [5.74, 6) is 0.610. The average Bonchev–Trinajstić information content (AvgIpc) is 2.68. The minimum Gasteiger partial charge on any atom is -0.493 e. The van der Waals surface area contributed by atoms with E-state index in [0.717, 1.165) is 6.42 Å². The van der Waals surface area contributed by atoms with Crippen molar-refractivity contribution in [3.05, 3.63) is 23.8 Å². The van der Waals surface area contributed by atoms with Crippen molar-refractivity contribution in [2.75, 3.05) is 47.6 Å². The van der Waals surface area contributed by atoms with Crippen molar-refractivity contribution >= 4 is 17.6 Å². The first-order valence-corrected chi connectivity index (χ1v) is 9.20. The van der Waals surface area contributed by atoms with Gasteiger partial charge in [-0.3, -0.25) is 14.4 Å². The number of benzene rings is 1. The third-order valence-corrected chi connectivity index (χ3v) is 4.02. The van der Waals surface area contributed by atoms with Crippen LogP contribution in [0.15, 0.2) is 18.2 Å². The molecule has 0 saturated heterocycles. The van der Waals surface area contributed by atoms with Crippen LogP contribution in [0.2, 0.25) is 0 Å². The van der Waals surface area contributed by atoms with Crippen molar-refractivity contribution in [2.24, 2.45) is 0 Å². The van der Waals surface area contributed by atoms with Crippen molar-refractivity contribution < 1.29 is 28.6 Å². The topological polar surface area (TPSA) is 94.2 Å². The molecule has 2 amide bonds. The number of nitrogens with one attached hydrogen (secondary N) is 1. The Morgan fingerprint density at radius 2 is 1.82 bits per heavy atom. The van der Waals surface area contributed by atoms with E-state index in [1.807, 2.05) is 0 Å². The maximum Gasteiger partial charge on any atom is 0.239 e. The fourth-order valence-corrected chi connectivity index (χ4v) is 2.41. The summed E-state index contributed by atoms with van der Waals surface area (Å²) in [4.78, 5) is 36.7. The van der Waals surface area contributed by atoms with Gasteiger partial charge in [-0.25, -0.2) is 0 Å². The summed E-state index contributed by atoms with van der Waals surface area (Å²) in [6.45, 7) is 2.92. The van der Waals surface area contributed by atoms with E-state index in [1.54, 1.807) is 32.4 Å². The molecule has 0 bridgehead atoms. The number of ether oxygens (including phenoxy) is 3. The second kappa shape index (κ2) is 12.7. The number of hydrogen-bond acceptors (Lipinski definition) is 6. The predicted molar refractivity (Wildman–Crippen MR) is 105 cm³/mol. The van der Waals surface area contributed by atoms with Crippen LogP contribution < -0.4 is 14.8 Å². The lowest BCUT2D eigenvalue weighted by Crippen LogP contribution is -2.38. The minimum atomic E-state index is -0.196. The molecule has 0 heterocycles. The molecule has 0 aliphatic carbocycles. The van der Waals surface area contributed by atoms with Gasteiger partial charge in [-0.05, 0) is 38.0 Å². The molecular weight excluding hydrogens is 364 g/mol. The zero-order chi connectivity index (χ0) is 20.9. The largest absolute Gasteiger partial charge is 0.493 e. The van der Waals surface area contributed by atoms with Crippen molar-refractivity contribution in [1.82, 2.24) is 10.2 Å². The lowest BCUT2D eigenvalue weighted by molar-refractivity contribution is -0.134. The molecule has 0 fully saturated rings. The summed E-state index contributed by atoms with van der Waals surface area (Å²) in [5, 5.41) is 2.74. The van der Waals surface area contributed by atoms with Crippen LogP contribution in [0, 0.1) is 0 Å². The molecule has 8 nitrogen and oxygen atoms in total. The minimum absolute atomic E-state index is 0.0208. The van der Waals surface area contributed by atoms with Gasteiger partial charge in [0.25, 0.3) is 0 Å². The second-order valence-corrected chi connectivity index (χ2v) is 6.32. The van der Waals surface area contributed by atoms with Crippen LogP contribution >= 0.6 is 0 Å². The molecule has 1 aromatic carbocycles. The van der Waals surface area contributed by atoms with E-state index in [4.69, 9.17) is 14.2 Å². The summed E-state index contributed by atoms with van der Waals surface area (Å²) in [6.07, 6.45) is 1.49. The van der Waals surface area contributed by atoms with Gasteiger partial charge in [-0.1, -0.05) is 0 Å². The highest BCUT2D eigenvalue weighted by atomic mass is 16.5. The Morgan fingerprint density at radius 3 is 2.46 bits per heavy atom. The van der Waals surface area contributed by atoms with Crippen LogP contribution in [-0.2, 0) is 14.3 Å². The van der Waals surface area contributed by atoms with E-state index in [2.05, 4.69) is 5.32 Å².